The van der Waals surface area contributed by atoms with Crippen molar-refractivity contribution in [3.63, 3.8) is 0 Å². The van der Waals surface area contributed by atoms with Crippen molar-refractivity contribution >= 4 is 22.5 Å². The summed E-state index contributed by atoms with van der Waals surface area (Å²) in [6.07, 6.45) is -3.00. The number of aromatic nitrogens is 1. The Hall–Kier alpha value is -3.03. The Morgan fingerprint density at radius 2 is 2.00 bits per heavy atom. The maximum absolute atomic E-state index is 12.8. The van der Waals surface area contributed by atoms with Gasteiger partial charge in [0, 0.05) is 17.3 Å². The summed E-state index contributed by atoms with van der Waals surface area (Å²) >= 11 is 0. The van der Waals surface area contributed by atoms with E-state index in [1.54, 1.807) is 12.1 Å². The highest BCUT2D eigenvalue weighted by Crippen LogP contribution is 2.32. The quantitative estimate of drug-likeness (QED) is 0.764. The SMILES string of the molecule is NC(=O)c1ccc(CNc2ccnc3cc(C(F)(F)F)ccc23)o1. The van der Waals surface area contributed by atoms with Crippen LogP contribution in [0.5, 0.6) is 0 Å². The molecule has 3 rings (SSSR count). The molecule has 3 N–H and O–H groups in total. The van der Waals surface area contributed by atoms with Gasteiger partial charge in [0.05, 0.1) is 17.6 Å². The van der Waals surface area contributed by atoms with Crippen LogP contribution >= 0.6 is 0 Å². The highest BCUT2D eigenvalue weighted by molar-refractivity contribution is 5.91. The van der Waals surface area contributed by atoms with Gasteiger partial charge in [0.2, 0.25) is 0 Å². The Morgan fingerprint density at radius 3 is 2.67 bits per heavy atom. The molecule has 0 bridgehead atoms. The lowest BCUT2D eigenvalue weighted by Crippen LogP contribution is -2.09. The topological polar surface area (TPSA) is 81.2 Å². The minimum atomic E-state index is -4.42. The summed E-state index contributed by atoms with van der Waals surface area (Å²) in [6.45, 7) is 0.243. The van der Waals surface area contributed by atoms with Crippen LogP contribution in [0.15, 0.2) is 47.0 Å². The fourth-order valence-corrected chi connectivity index (χ4v) is 2.27. The molecule has 8 heteroatoms. The number of carbonyl (C=O) groups excluding carboxylic acids is 1. The number of fused-ring (bicyclic) bond motifs is 1. The fourth-order valence-electron chi connectivity index (χ4n) is 2.27. The molecule has 0 spiro atoms. The zero-order valence-electron chi connectivity index (χ0n) is 12.2. The van der Waals surface area contributed by atoms with Crippen LogP contribution < -0.4 is 11.1 Å². The molecule has 0 saturated heterocycles. The number of primary amides is 1. The van der Waals surface area contributed by atoms with E-state index in [1.807, 2.05) is 0 Å². The number of amides is 1. The predicted octanol–water partition coefficient (Wildman–Crippen LogP) is 3.56. The number of anilines is 1. The van der Waals surface area contributed by atoms with E-state index >= 15 is 0 Å². The fraction of sp³-hybridized carbons (Fsp3) is 0.125. The van der Waals surface area contributed by atoms with Crippen LogP contribution in [0.2, 0.25) is 0 Å². The zero-order valence-corrected chi connectivity index (χ0v) is 12.2. The normalized spacial score (nSPS) is 11.6. The van der Waals surface area contributed by atoms with Crippen LogP contribution in [-0.4, -0.2) is 10.9 Å². The molecule has 0 radical (unpaired) electrons. The van der Waals surface area contributed by atoms with Crippen LogP contribution in [0.25, 0.3) is 10.9 Å². The van der Waals surface area contributed by atoms with Gasteiger partial charge in [-0.25, -0.2) is 0 Å². The lowest BCUT2D eigenvalue weighted by Gasteiger charge is -2.11. The summed E-state index contributed by atoms with van der Waals surface area (Å²) in [5.41, 5.74) is 5.18. The van der Waals surface area contributed by atoms with Gasteiger partial charge in [0.1, 0.15) is 5.76 Å². The molecule has 0 unspecified atom stereocenters. The Kier molecular flexibility index (Phi) is 3.88. The monoisotopic (exact) mass is 335 g/mol. The zero-order chi connectivity index (χ0) is 17.3. The first-order valence-electron chi connectivity index (χ1n) is 6.93. The number of nitrogens with two attached hydrogens (primary N) is 1. The summed E-state index contributed by atoms with van der Waals surface area (Å²) in [5.74, 6) is -0.155. The molecule has 24 heavy (non-hydrogen) atoms. The molecule has 1 amide bonds. The molecule has 5 nitrogen and oxygen atoms in total. The van der Waals surface area contributed by atoms with Gasteiger partial charge in [-0.15, -0.1) is 0 Å². The summed E-state index contributed by atoms with van der Waals surface area (Å²) in [4.78, 5) is 15.0. The predicted molar refractivity (Wildman–Crippen MR) is 81.3 cm³/mol. The lowest BCUT2D eigenvalue weighted by atomic mass is 10.1. The number of carbonyl (C=O) groups is 1. The Labute approximate surface area is 134 Å². The van der Waals surface area contributed by atoms with Crippen molar-refractivity contribution in [1.29, 1.82) is 0 Å². The van der Waals surface area contributed by atoms with Gasteiger partial charge in [-0.1, -0.05) is 6.07 Å². The van der Waals surface area contributed by atoms with E-state index in [0.29, 0.717) is 16.8 Å². The average Bonchev–Trinajstić information content (AvgIpc) is 3.00. The minimum Gasteiger partial charge on any atom is -0.454 e. The molecule has 0 atom stereocenters. The highest BCUT2D eigenvalue weighted by Gasteiger charge is 2.30. The van der Waals surface area contributed by atoms with E-state index in [0.717, 1.165) is 12.1 Å². The summed E-state index contributed by atoms with van der Waals surface area (Å²) in [6, 6.07) is 8.07. The van der Waals surface area contributed by atoms with Crippen LogP contribution in [0.1, 0.15) is 21.9 Å². The van der Waals surface area contributed by atoms with Crippen LogP contribution in [-0.2, 0) is 12.7 Å². The third-order valence-corrected chi connectivity index (χ3v) is 3.43. The Bertz CT molecular complexity index is 903. The second kappa shape index (κ2) is 5.88. The lowest BCUT2D eigenvalue weighted by molar-refractivity contribution is -0.137. The largest absolute Gasteiger partial charge is 0.454 e. The number of hydrogen-bond donors (Lipinski definition) is 2. The van der Waals surface area contributed by atoms with Gasteiger partial charge < -0.3 is 15.5 Å². The van der Waals surface area contributed by atoms with Gasteiger partial charge in [-0.05, 0) is 30.3 Å². The number of benzene rings is 1. The van der Waals surface area contributed by atoms with Crippen molar-refractivity contribution < 1.29 is 22.4 Å². The molecular weight excluding hydrogens is 323 g/mol. The molecule has 2 aromatic heterocycles. The minimum absolute atomic E-state index is 0.0428. The number of halogens is 3. The molecule has 0 saturated carbocycles. The van der Waals surface area contributed by atoms with Crippen molar-refractivity contribution in [3.05, 3.63) is 59.7 Å². The number of alkyl halides is 3. The molecule has 0 aliphatic carbocycles. The molecule has 2 heterocycles. The molecule has 124 valence electrons. The first-order valence-corrected chi connectivity index (χ1v) is 6.93. The number of nitrogens with zero attached hydrogens (tertiary/aromatic N) is 1. The maximum Gasteiger partial charge on any atom is 0.416 e. The molecule has 0 aliphatic rings. The van der Waals surface area contributed by atoms with Crippen molar-refractivity contribution in [2.24, 2.45) is 5.73 Å². The summed E-state index contributed by atoms with van der Waals surface area (Å²) < 4.78 is 43.5. The summed E-state index contributed by atoms with van der Waals surface area (Å²) in [5, 5.41) is 3.60. The molecule has 1 aromatic carbocycles. The number of nitrogens with one attached hydrogen (secondary N) is 1. The van der Waals surface area contributed by atoms with Gasteiger partial charge >= 0.3 is 6.18 Å². The number of rotatable bonds is 4. The first kappa shape index (κ1) is 15.9. The van der Waals surface area contributed by atoms with Crippen molar-refractivity contribution in [1.82, 2.24) is 4.98 Å². The maximum atomic E-state index is 12.8. The molecule has 0 fully saturated rings. The van der Waals surface area contributed by atoms with Gasteiger partial charge in [0.15, 0.2) is 5.76 Å². The third-order valence-electron chi connectivity index (χ3n) is 3.43. The van der Waals surface area contributed by atoms with Gasteiger partial charge in [-0.2, -0.15) is 13.2 Å². The van der Waals surface area contributed by atoms with Gasteiger partial charge in [-0.3, -0.25) is 9.78 Å². The third kappa shape index (κ3) is 3.17. The van der Waals surface area contributed by atoms with Crippen LogP contribution in [0.4, 0.5) is 18.9 Å². The van der Waals surface area contributed by atoms with Crippen molar-refractivity contribution in [2.45, 2.75) is 12.7 Å². The van der Waals surface area contributed by atoms with Crippen molar-refractivity contribution in [3.8, 4) is 0 Å². The van der Waals surface area contributed by atoms with Gasteiger partial charge in [0.25, 0.3) is 5.91 Å². The standard InChI is InChI=1S/C16H12F3N3O2/c17-16(18,19)9-1-3-11-12(5-6-21-13(11)7-9)22-8-10-2-4-14(24-10)15(20)23/h1-7H,8H2,(H2,20,23)(H,21,22). The molecular formula is C16H12F3N3O2. The Morgan fingerprint density at radius 1 is 1.21 bits per heavy atom. The molecule has 0 aliphatic heterocycles. The summed E-state index contributed by atoms with van der Waals surface area (Å²) in [7, 11) is 0. The van der Waals surface area contributed by atoms with E-state index in [4.69, 9.17) is 10.2 Å². The van der Waals surface area contributed by atoms with E-state index < -0.39 is 17.6 Å². The van der Waals surface area contributed by atoms with Crippen LogP contribution in [0, 0.1) is 0 Å². The first-order chi connectivity index (χ1) is 11.3. The van der Waals surface area contributed by atoms with E-state index in [1.165, 1.54) is 18.3 Å². The van der Waals surface area contributed by atoms with E-state index in [2.05, 4.69) is 10.3 Å². The van der Waals surface area contributed by atoms with Crippen molar-refractivity contribution in [2.75, 3.05) is 5.32 Å². The second-order valence-corrected chi connectivity index (χ2v) is 5.07. The number of pyridine rings is 1. The highest BCUT2D eigenvalue weighted by atomic mass is 19.4. The average molecular weight is 335 g/mol. The smallest absolute Gasteiger partial charge is 0.416 e. The number of furan rings is 1. The second-order valence-electron chi connectivity index (χ2n) is 5.07. The number of hydrogen-bond acceptors (Lipinski definition) is 4. The molecule has 3 aromatic rings. The van der Waals surface area contributed by atoms with E-state index in [-0.39, 0.29) is 17.8 Å². The van der Waals surface area contributed by atoms with Crippen LogP contribution in [0.3, 0.4) is 0 Å². The Balaban J connectivity index is 1.85. The van der Waals surface area contributed by atoms with E-state index in [9.17, 15) is 18.0 Å².